The number of unbranched alkanes of at least 4 members (excludes halogenated alkanes) is 5. The third-order valence-corrected chi connectivity index (χ3v) is 13.3. The Morgan fingerprint density at radius 3 is 1.85 bits per heavy atom. The van der Waals surface area contributed by atoms with Crippen LogP contribution in [0.2, 0.25) is 13.1 Å². The van der Waals surface area contributed by atoms with Gasteiger partial charge in [0.15, 0.2) is 0 Å². The molecule has 52 heavy (non-hydrogen) atoms. The van der Waals surface area contributed by atoms with Crippen molar-refractivity contribution in [2.75, 3.05) is 6.61 Å². The van der Waals surface area contributed by atoms with Gasteiger partial charge in [0.2, 0.25) is 9.04 Å². The van der Waals surface area contributed by atoms with Crippen molar-refractivity contribution in [1.29, 1.82) is 0 Å². The third-order valence-electron chi connectivity index (χ3n) is 10.2. The summed E-state index contributed by atoms with van der Waals surface area (Å²) in [4.78, 5) is 5.10. The Labute approximate surface area is 320 Å². The van der Waals surface area contributed by atoms with Gasteiger partial charge in [0.25, 0.3) is 9.04 Å². The number of aliphatic hydroxyl groups is 1. The zero-order chi connectivity index (χ0) is 37.6. The minimum absolute atomic E-state index is 0.0174. The van der Waals surface area contributed by atoms with Crippen LogP contribution in [0.3, 0.4) is 0 Å². The molecule has 4 nitrogen and oxygen atoms in total. The van der Waals surface area contributed by atoms with Crippen molar-refractivity contribution in [1.82, 2.24) is 4.98 Å². The Bertz CT molecular complexity index is 1540. The molecule has 0 saturated carbocycles. The van der Waals surface area contributed by atoms with Gasteiger partial charge in [0.05, 0.1) is 17.7 Å². The lowest BCUT2D eigenvalue weighted by molar-refractivity contribution is 0.0727. The minimum atomic E-state index is -1.41. The van der Waals surface area contributed by atoms with E-state index in [2.05, 4.69) is 146 Å². The summed E-state index contributed by atoms with van der Waals surface area (Å²) in [6, 6.07) is 32.5. The molecule has 6 heteroatoms. The van der Waals surface area contributed by atoms with E-state index in [-0.39, 0.29) is 16.9 Å². The molecule has 3 atom stereocenters. The van der Waals surface area contributed by atoms with Gasteiger partial charge in [-0.1, -0.05) is 153 Å². The molecule has 1 heterocycles. The van der Waals surface area contributed by atoms with Crippen molar-refractivity contribution < 1.29 is 14.0 Å². The maximum Gasteiger partial charge on any atom is 0.283 e. The molecule has 4 rings (SSSR count). The predicted molar refractivity (Wildman–Crippen MR) is 225 cm³/mol. The van der Waals surface area contributed by atoms with Gasteiger partial charge in [0, 0.05) is 24.1 Å². The standard InChI is InChI=1S/C46H67NO3Si2/c1-45(2,3)42(27-19-11-9-10-12-20-33-49-51(7)8)37-30-29-36-31-32-38(47-43(36)34-37)35-39(48)22-21-28-44(46(4,5)6)50-52(40-23-15-13-16-24-40)41-25-17-14-18-26-41/h13-18,23-26,29-32,34,39,42,44,48H,9-12,19-22,27-28,33,35H2,1-8H3. The average molecular weight is 738 g/mol. The molecule has 3 unspecified atom stereocenters. The van der Waals surface area contributed by atoms with E-state index in [1.807, 2.05) is 0 Å². The van der Waals surface area contributed by atoms with Crippen LogP contribution in [0.25, 0.3) is 10.9 Å². The van der Waals surface area contributed by atoms with Gasteiger partial charge in [0.1, 0.15) is 0 Å². The molecule has 4 aromatic rings. The number of aliphatic hydroxyl groups excluding tert-OH is 1. The molecular formula is C46H67NO3Si2. The molecule has 0 bridgehead atoms. The van der Waals surface area contributed by atoms with Crippen molar-refractivity contribution >= 4 is 39.4 Å². The van der Waals surface area contributed by atoms with E-state index < -0.39 is 24.2 Å². The molecule has 0 spiro atoms. The van der Waals surface area contributed by atoms with E-state index in [1.165, 1.54) is 60.9 Å². The lowest BCUT2D eigenvalue weighted by atomic mass is 9.73. The second-order valence-corrected chi connectivity index (χ2v) is 21.3. The smallest absolute Gasteiger partial charge is 0.283 e. The second kappa shape index (κ2) is 20.7. The Balaban J connectivity index is 1.33. The summed E-state index contributed by atoms with van der Waals surface area (Å²) in [5.41, 5.74) is 3.56. The lowest BCUT2D eigenvalue weighted by Gasteiger charge is -2.34. The SMILES string of the molecule is C[Si](C)OCCCCCCCCC(c1ccc2ccc(CC(O)CCCC(O[Si](c3ccccc3)c3ccccc3)C(C)(C)C)nc2c1)C(C)(C)C. The van der Waals surface area contributed by atoms with Crippen LogP contribution in [0.5, 0.6) is 0 Å². The van der Waals surface area contributed by atoms with Gasteiger partial charge in [-0.15, -0.1) is 0 Å². The van der Waals surface area contributed by atoms with Gasteiger partial charge in [-0.25, -0.2) is 0 Å². The first-order valence-electron chi connectivity index (χ1n) is 20.0. The zero-order valence-corrected chi connectivity index (χ0v) is 35.6. The van der Waals surface area contributed by atoms with Gasteiger partial charge < -0.3 is 14.0 Å². The van der Waals surface area contributed by atoms with Crippen molar-refractivity contribution in [3.8, 4) is 0 Å². The number of hydrogen-bond acceptors (Lipinski definition) is 4. The number of benzene rings is 3. The molecule has 1 N–H and O–H groups in total. The van der Waals surface area contributed by atoms with E-state index in [1.54, 1.807) is 0 Å². The normalized spacial score (nSPS) is 14.3. The molecule has 0 amide bonds. The van der Waals surface area contributed by atoms with Crippen LogP contribution >= 0.6 is 0 Å². The molecule has 2 radical (unpaired) electrons. The molecular weight excluding hydrogens is 671 g/mol. The lowest BCUT2D eigenvalue weighted by Crippen LogP contribution is -2.49. The summed E-state index contributed by atoms with van der Waals surface area (Å²) in [7, 11) is -1.96. The molecule has 0 aliphatic carbocycles. The van der Waals surface area contributed by atoms with Crippen LogP contribution in [-0.4, -0.2) is 47.0 Å². The molecule has 1 aromatic heterocycles. The number of nitrogens with zero attached hydrogens (tertiary/aromatic N) is 1. The Kier molecular flexibility index (Phi) is 16.8. The molecule has 0 aliphatic heterocycles. The van der Waals surface area contributed by atoms with Crippen LogP contribution in [-0.2, 0) is 15.3 Å². The van der Waals surface area contributed by atoms with Crippen LogP contribution in [0.15, 0.2) is 91.0 Å². The highest BCUT2D eigenvalue weighted by molar-refractivity contribution is 6.80. The maximum absolute atomic E-state index is 11.2. The van der Waals surface area contributed by atoms with Crippen molar-refractivity contribution in [2.45, 2.75) is 143 Å². The average Bonchev–Trinajstić information content (AvgIpc) is 3.10. The molecule has 0 aliphatic rings. The molecule has 0 fully saturated rings. The van der Waals surface area contributed by atoms with E-state index in [0.29, 0.717) is 12.3 Å². The Hall–Kier alpha value is -2.62. The number of pyridine rings is 1. The van der Waals surface area contributed by atoms with Crippen LogP contribution in [0, 0.1) is 10.8 Å². The van der Waals surface area contributed by atoms with Gasteiger partial charge in [-0.3, -0.25) is 4.98 Å². The van der Waals surface area contributed by atoms with Crippen molar-refractivity contribution in [2.24, 2.45) is 10.8 Å². The first-order chi connectivity index (χ1) is 24.8. The minimum Gasteiger partial charge on any atom is -0.417 e. The monoisotopic (exact) mass is 737 g/mol. The number of aromatic nitrogens is 1. The van der Waals surface area contributed by atoms with Crippen LogP contribution < -0.4 is 10.4 Å². The zero-order valence-electron chi connectivity index (χ0n) is 33.6. The third kappa shape index (κ3) is 14.0. The van der Waals surface area contributed by atoms with Gasteiger partial charge in [-0.2, -0.15) is 0 Å². The summed E-state index contributed by atoms with van der Waals surface area (Å²) >= 11 is 0. The molecule has 282 valence electrons. The van der Waals surface area contributed by atoms with E-state index in [0.717, 1.165) is 42.5 Å². The molecule has 3 aromatic carbocycles. The quantitative estimate of drug-likeness (QED) is 0.0683. The first kappa shape index (κ1) is 42.1. The summed E-state index contributed by atoms with van der Waals surface area (Å²) in [5.74, 6) is 0.486. The molecule has 0 saturated heterocycles. The number of rotatable bonds is 21. The summed E-state index contributed by atoms with van der Waals surface area (Å²) in [6.07, 6.45) is 11.6. The van der Waals surface area contributed by atoms with Gasteiger partial charge in [-0.05, 0) is 90.0 Å². The van der Waals surface area contributed by atoms with E-state index >= 15 is 0 Å². The highest BCUT2D eigenvalue weighted by Gasteiger charge is 2.31. The predicted octanol–water partition coefficient (Wildman–Crippen LogP) is 10.7. The fourth-order valence-electron chi connectivity index (χ4n) is 7.22. The summed E-state index contributed by atoms with van der Waals surface area (Å²) in [6.45, 7) is 19.3. The Morgan fingerprint density at radius 2 is 1.25 bits per heavy atom. The van der Waals surface area contributed by atoms with Crippen LogP contribution in [0.4, 0.5) is 0 Å². The van der Waals surface area contributed by atoms with Crippen molar-refractivity contribution in [3.63, 3.8) is 0 Å². The number of fused-ring (bicyclic) bond motifs is 1. The van der Waals surface area contributed by atoms with Crippen molar-refractivity contribution in [3.05, 3.63) is 102 Å². The first-order valence-corrected chi connectivity index (χ1v) is 23.8. The Morgan fingerprint density at radius 1 is 0.654 bits per heavy atom. The van der Waals surface area contributed by atoms with Gasteiger partial charge >= 0.3 is 0 Å². The van der Waals surface area contributed by atoms with E-state index in [9.17, 15) is 5.11 Å². The second-order valence-electron chi connectivity index (χ2n) is 17.2. The highest BCUT2D eigenvalue weighted by Crippen LogP contribution is 2.40. The topological polar surface area (TPSA) is 51.6 Å². The fourth-order valence-corrected chi connectivity index (χ4v) is 10.1. The van der Waals surface area contributed by atoms with Crippen LogP contribution in [0.1, 0.15) is 123 Å². The highest BCUT2D eigenvalue weighted by atomic mass is 28.3. The van der Waals surface area contributed by atoms with E-state index in [4.69, 9.17) is 13.8 Å². The fraction of sp³-hybridized carbons (Fsp3) is 0.543. The maximum atomic E-state index is 11.2. The largest absolute Gasteiger partial charge is 0.417 e. The summed E-state index contributed by atoms with van der Waals surface area (Å²) in [5, 5.41) is 14.9. The summed E-state index contributed by atoms with van der Waals surface area (Å²) < 4.78 is 12.8. The number of hydrogen-bond donors (Lipinski definition) is 1.